The van der Waals surface area contributed by atoms with Crippen molar-refractivity contribution in [3.8, 4) is 0 Å². The lowest BCUT2D eigenvalue weighted by molar-refractivity contribution is -0.929. The van der Waals surface area contributed by atoms with E-state index in [1.165, 1.54) is 159 Å². The number of allylic oxidation sites excluding steroid dienone is 2. The minimum atomic E-state index is 1.31. The van der Waals surface area contributed by atoms with Gasteiger partial charge in [0, 0.05) is 0 Å². The van der Waals surface area contributed by atoms with Crippen molar-refractivity contribution < 1.29 is 4.48 Å². The molecule has 31 heavy (non-hydrogen) atoms. The fourth-order valence-corrected chi connectivity index (χ4v) is 4.85. The second-order valence-corrected chi connectivity index (χ2v) is 10.2. The Hall–Kier alpha value is -0.300. The zero-order chi connectivity index (χ0) is 22.9. The third kappa shape index (κ3) is 20.1. The number of rotatable bonds is 25. The van der Waals surface area contributed by atoms with Crippen molar-refractivity contribution in [3.63, 3.8) is 0 Å². The van der Waals surface area contributed by atoms with Gasteiger partial charge in [-0.3, -0.25) is 0 Å². The fourth-order valence-electron chi connectivity index (χ4n) is 4.85. The third-order valence-corrected chi connectivity index (χ3v) is 7.10. The van der Waals surface area contributed by atoms with Gasteiger partial charge >= 0.3 is 0 Å². The van der Waals surface area contributed by atoms with Crippen LogP contribution in [0, 0.1) is 0 Å². The second-order valence-electron chi connectivity index (χ2n) is 10.2. The monoisotopic (exact) mass is 436 g/mol. The summed E-state index contributed by atoms with van der Waals surface area (Å²) in [5.74, 6) is 0. The van der Waals surface area contributed by atoms with Gasteiger partial charge in [-0.1, -0.05) is 110 Å². The second kappa shape index (κ2) is 24.3. The van der Waals surface area contributed by atoms with E-state index in [4.69, 9.17) is 0 Å². The highest BCUT2D eigenvalue weighted by Gasteiger charge is 2.24. The first-order chi connectivity index (χ1) is 15.2. The Morgan fingerprint density at radius 3 is 1.10 bits per heavy atom. The van der Waals surface area contributed by atoms with E-state index >= 15 is 0 Å². The van der Waals surface area contributed by atoms with Crippen molar-refractivity contribution in [3.05, 3.63) is 12.2 Å². The predicted molar refractivity (Wildman–Crippen MR) is 144 cm³/mol. The summed E-state index contributed by atoms with van der Waals surface area (Å²) in [6, 6.07) is 0. The van der Waals surface area contributed by atoms with Crippen molar-refractivity contribution in [2.75, 3.05) is 26.2 Å². The van der Waals surface area contributed by atoms with Gasteiger partial charge in [-0.05, 0) is 57.8 Å². The fraction of sp³-hybridized carbons (Fsp3) is 0.933. The van der Waals surface area contributed by atoms with E-state index < -0.39 is 0 Å². The normalized spacial score (nSPS) is 12.3. The highest BCUT2D eigenvalue weighted by molar-refractivity contribution is 4.81. The van der Waals surface area contributed by atoms with E-state index in [1.807, 2.05) is 0 Å². The first kappa shape index (κ1) is 30.7. The zero-order valence-corrected chi connectivity index (χ0v) is 22.6. The van der Waals surface area contributed by atoms with E-state index in [9.17, 15) is 0 Å². The minimum absolute atomic E-state index is 1.31. The van der Waals surface area contributed by atoms with Crippen LogP contribution in [-0.2, 0) is 0 Å². The van der Waals surface area contributed by atoms with E-state index in [1.54, 1.807) is 0 Å². The van der Waals surface area contributed by atoms with Gasteiger partial charge in [0.05, 0.1) is 26.2 Å². The van der Waals surface area contributed by atoms with Crippen LogP contribution in [0.4, 0.5) is 0 Å². The summed E-state index contributed by atoms with van der Waals surface area (Å²) in [4.78, 5) is 0. The van der Waals surface area contributed by atoms with Crippen LogP contribution in [0.15, 0.2) is 12.2 Å². The van der Waals surface area contributed by atoms with Gasteiger partial charge in [0.25, 0.3) is 0 Å². The molecule has 0 radical (unpaired) electrons. The largest absolute Gasteiger partial charge is 0.324 e. The number of quaternary nitrogens is 1. The lowest BCUT2D eigenvalue weighted by Crippen LogP contribution is -2.50. The minimum Gasteiger partial charge on any atom is -0.324 e. The highest BCUT2D eigenvalue weighted by Crippen LogP contribution is 2.18. The molecule has 0 aliphatic rings. The standard InChI is InChI=1S/C30H62N/c1-5-9-13-14-15-16-17-18-19-20-21-22-23-24-25-26-30-31(27-10-6-2,28-11-7-3)29-12-8-4/h18-19H,5-17,20-30H2,1-4H3/q+1. The Bertz CT molecular complexity index is 338. The molecule has 0 aromatic carbocycles. The molecule has 0 atom stereocenters. The quantitative estimate of drug-likeness (QED) is 0.0758. The lowest BCUT2D eigenvalue weighted by Gasteiger charge is -2.39. The van der Waals surface area contributed by atoms with Crippen LogP contribution in [0.3, 0.4) is 0 Å². The Kier molecular flexibility index (Phi) is 24.1. The van der Waals surface area contributed by atoms with E-state index in [-0.39, 0.29) is 0 Å². The zero-order valence-electron chi connectivity index (χ0n) is 22.6. The molecule has 0 aromatic heterocycles. The van der Waals surface area contributed by atoms with Crippen molar-refractivity contribution in [2.24, 2.45) is 0 Å². The van der Waals surface area contributed by atoms with E-state index in [0.29, 0.717) is 0 Å². The molecule has 186 valence electrons. The summed E-state index contributed by atoms with van der Waals surface area (Å²) in [7, 11) is 0. The van der Waals surface area contributed by atoms with E-state index in [0.717, 1.165) is 0 Å². The Balaban J connectivity index is 3.80. The molecule has 0 unspecified atom stereocenters. The number of unbranched alkanes of at least 4 members (excludes halogenated alkanes) is 15. The Labute approximate surface area is 199 Å². The maximum Gasteiger partial charge on any atom is 0.0786 e. The Morgan fingerprint density at radius 1 is 0.355 bits per heavy atom. The smallest absolute Gasteiger partial charge is 0.0786 e. The van der Waals surface area contributed by atoms with Gasteiger partial charge in [-0.2, -0.15) is 0 Å². The van der Waals surface area contributed by atoms with Crippen LogP contribution in [-0.4, -0.2) is 30.7 Å². The summed E-state index contributed by atoms with van der Waals surface area (Å²) in [5, 5.41) is 0. The van der Waals surface area contributed by atoms with Gasteiger partial charge in [-0.15, -0.1) is 0 Å². The summed E-state index contributed by atoms with van der Waals surface area (Å²) in [5.41, 5.74) is 0. The topological polar surface area (TPSA) is 0 Å². The van der Waals surface area contributed by atoms with Gasteiger partial charge in [0.1, 0.15) is 0 Å². The number of nitrogens with zero attached hydrogens (tertiary/aromatic N) is 1. The maximum absolute atomic E-state index is 2.45. The maximum atomic E-state index is 2.45. The van der Waals surface area contributed by atoms with Gasteiger partial charge in [0.15, 0.2) is 0 Å². The van der Waals surface area contributed by atoms with Crippen molar-refractivity contribution in [2.45, 2.75) is 156 Å². The number of hydrogen-bond donors (Lipinski definition) is 0. The molecule has 0 heterocycles. The molecule has 0 rings (SSSR count). The average molecular weight is 437 g/mol. The molecule has 0 saturated carbocycles. The molecule has 0 amide bonds. The first-order valence-electron chi connectivity index (χ1n) is 14.7. The molecule has 1 heteroatoms. The molecule has 0 aromatic rings. The molecule has 0 aliphatic carbocycles. The van der Waals surface area contributed by atoms with Crippen LogP contribution >= 0.6 is 0 Å². The van der Waals surface area contributed by atoms with Gasteiger partial charge in [0.2, 0.25) is 0 Å². The van der Waals surface area contributed by atoms with Gasteiger partial charge < -0.3 is 4.48 Å². The summed E-state index contributed by atoms with van der Waals surface area (Å²) in [6.45, 7) is 15.1. The number of hydrogen-bond acceptors (Lipinski definition) is 0. The van der Waals surface area contributed by atoms with Crippen molar-refractivity contribution in [1.29, 1.82) is 0 Å². The molecule has 0 spiro atoms. The molecular weight excluding hydrogens is 374 g/mol. The molecule has 0 aliphatic heterocycles. The van der Waals surface area contributed by atoms with Crippen LogP contribution < -0.4 is 0 Å². The SMILES string of the molecule is CCCCCCCCC=CCCCCCCCC[N+](CCCC)(CCCC)CCCC. The summed E-state index contributed by atoms with van der Waals surface area (Å²) < 4.78 is 1.43. The van der Waals surface area contributed by atoms with Crippen molar-refractivity contribution >= 4 is 0 Å². The highest BCUT2D eigenvalue weighted by atomic mass is 15.3. The van der Waals surface area contributed by atoms with Crippen LogP contribution in [0.5, 0.6) is 0 Å². The predicted octanol–water partition coefficient (Wildman–Crippen LogP) is 10.2. The van der Waals surface area contributed by atoms with Gasteiger partial charge in [-0.25, -0.2) is 0 Å². The van der Waals surface area contributed by atoms with Crippen LogP contribution in [0.2, 0.25) is 0 Å². The molecule has 0 fully saturated rings. The van der Waals surface area contributed by atoms with Crippen molar-refractivity contribution in [1.82, 2.24) is 0 Å². The average Bonchev–Trinajstić information content (AvgIpc) is 2.79. The lowest BCUT2D eigenvalue weighted by atomic mass is 10.1. The van der Waals surface area contributed by atoms with Crippen LogP contribution in [0.25, 0.3) is 0 Å². The summed E-state index contributed by atoms with van der Waals surface area (Å²) in [6.07, 6.45) is 33.0. The van der Waals surface area contributed by atoms with E-state index in [2.05, 4.69) is 39.8 Å². The summed E-state index contributed by atoms with van der Waals surface area (Å²) >= 11 is 0. The molecular formula is C30H62N+. The van der Waals surface area contributed by atoms with Crippen LogP contribution in [0.1, 0.15) is 156 Å². The Morgan fingerprint density at radius 2 is 0.677 bits per heavy atom. The molecule has 0 saturated heterocycles. The first-order valence-corrected chi connectivity index (χ1v) is 14.7. The molecule has 1 nitrogen and oxygen atoms in total. The molecule has 0 bridgehead atoms. The third-order valence-electron chi connectivity index (χ3n) is 7.10. The molecule has 0 N–H and O–H groups in total.